The summed E-state index contributed by atoms with van der Waals surface area (Å²) in [6.45, 7) is 3.13. The van der Waals surface area contributed by atoms with Gasteiger partial charge in [-0.05, 0) is 25.0 Å². The summed E-state index contributed by atoms with van der Waals surface area (Å²) in [5, 5.41) is 4.62. The van der Waals surface area contributed by atoms with Crippen LogP contribution in [0.3, 0.4) is 0 Å². The lowest BCUT2D eigenvalue weighted by Gasteiger charge is -2.07. The van der Waals surface area contributed by atoms with E-state index in [4.69, 9.17) is 5.73 Å². The lowest BCUT2D eigenvalue weighted by molar-refractivity contribution is 0.916. The van der Waals surface area contributed by atoms with E-state index in [-0.39, 0.29) is 0 Å². The number of aryl methyl sites for hydroxylation is 1. The number of rotatable bonds is 5. The molecule has 108 valence electrons. The average molecular weight is 281 g/mol. The Morgan fingerprint density at radius 1 is 1.24 bits per heavy atom. The summed E-state index contributed by atoms with van der Waals surface area (Å²) in [6, 6.07) is 10.2. The van der Waals surface area contributed by atoms with Crippen LogP contribution >= 0.6 is 0 Å². The molecular weight excluding hydrogens is 262 g/mol. The summed E-state index contributed by atoms with van der Waals surface area (Å²) in [4.78, 5) is 11.9. The molecule has 0 bridgehead atoms. The lowest BCUT2D eigenvalue weighted by Crippen LogP contribution is -2.09. The number of para-hydroxylation sites is 1. The van der Waals surface area contributed by atoms with Gasteiger partial charge >= 0.3 is 0 Å². The Morgan fingerprint density at radius 3 is 2.95 bits per heavy atom. The van der Waals surface area contributed by atoms with E-state index < -0.39 is 0 Å². The Labute approximate surface area is 123 Å². The quantitative estimate of drug-likeness (QED) is 0.671. The summed E-state index contributed by atoms with van der Waals surface area (Å²) in [5.41, 5.74) is 8.98. The maximum absolute atomic E-state index is 5.63. The molecule has 0 spiro atoms. The second-order valence-electron chi connectivity index (χ2n) is 5.03. The van der Waals surface area contributed by atoms with Crippen LogP contribution in [0.4, 0.5) is 5.82 Å². The number of anilines is 1. The van der Waals surface area contributed by atoms with Crippen molar-refractivity contribution in [1.82, 2.24) is 15.0 Å². The fraction of sp³-hybridized carbons (Fsp3) is 0.250. The molecule has 0 radical (unpaired) electrons. The number of hydrogen-bond acceptors (Lipinski definition) is 4. The molecule has 0 saturated carbocycles. The molecule has 0 fully saturated rings. The van der Waals surface area contributed by atoms with Crippen LogP contribution in [-0.2, 0) is 13.0 Å². The van der Waals surface area contributed by atoms with E-state index in [9.17, 15) is 0 Å². The SMILES string of the molecule is Cc1nc(CN)cc(NCCc2c[nH]c3ccccc23)n1. The van der Waals surface area contributed by atoms with Gasteiger partial charge in [-0.15, -0.1) is 0 Å². The standard InChI is InChI=1S/C16H19N5/c1-11-20-13(9-17)8-16(21-11)18-7-6-12-10-19-15-5-3-2-4-14(12)15/h2-5,8,10,19H,6-7,9,17H2,1H3,(H,18,20,21). The molecule has 0 saturated heterocycles. The van der Waals surface area contributed by atoms with Crippen LogP contribution in [0.1, 0.15) is 17.1 Å². The number of hydrogen-bond donors (Lipinski definition) is 3. The Hall–Kier alpha value is -2.40. The molecule has 2 aromatic heterocycles. The number of aromatic amines is 1. The highest BCUT2D eigenvalue weighted by Gasteiger charge is 2.04. The largest absolute Gasteiger partial charge is 0.370 e. The van der Waals surface area contributed by atoms with Gasteiger partial charge in [-0.3, -0.25) is 0 Å². The van der Waals surface area contributed by atoms with Gasteiger partial charge in [-0.1, -0.05) is 18.2 Å². The molecule has 3 aromatic rings. The maximum atomic E-state index is 5.63. The van der Waals surface area contributed by atoms with Gasteiger partial charge in [0.15, 0.2) is 0 Å². The van der Waals surface area contributed by atoms with Crippen LogP contribution in [0.2, 0.25) is 0 Å². The van der Waals surface area contributed by atoms with E-state index >= 15 is 0 Å². The predicted octanol–water partition coefficient (Wildman–Crippen LogP) is 2.38. The molecule has 1 aromatic carbocycles. The van der Waals surface area contributed by atoms with Crippen LogP contribution in [-0.4, -0.2) is 21.5 Å². The van der Waals surface area contributed by atoms with Crippen molar-refractivity contribution in [3.05, 3.63) is 53.6 Å². The molecule has 0 amide bonds. The zero-order valence-electron chi connectivity index (χ0n) is 12.1. The summed E-state index contributed by atoms with van der Waals surface area (Å²) in [6.07, 6.45) is 3.01. The van der Waals surface area contributed by atoms with Gasteiger partial charge in [0.1, 0.15) is 11.6 Å². The average Bonchev–Trinajstić information content (AvgIpc) is 2.90. The van der Waals surface area contributed by atoms with Crippen LogP contribution < -0.4 is 11.1 Å². The van der Waals surface area contributed by atoms with Gasteiger partial charge in [0.05, 0.1) is 5.69 Å². The monoisotopic (exact) mass is 281 g/mol. The van der Waals surface area contributed by atoms with E-state index in [1.54, 1.807) is 0 Å². The maximum Gasteiger partial charge on any atom is 0.129 e. The second kappa shape index (κ2) is 5.93. The number of nitrogens with two attached hydrogens (primary N) is 1. The van der Waals surface area contributed by atoms with Crippen molar-refractivity contribution < 1.29 is 0 Å². The topological polar surface area (TPSA) is 79.6 Å². The summed E-state index contributed by atoms with van der Waals surface area (Å²) >= 11 is 0. The first-order chi connectivity index (χ1) is 10.3. The minimum absolute atomic E-state index is 0.431. The van der Waals surface area contributed by atoms with Crippen LogP contribution in [0.25, 0.3) is 10.9 Å². The number of aromatic nitrogens is 3. The minimum Gasteiger partial charge on any atom is -0.370 e. The normalized spacial score (nSPS) is 11.0. The van der Waals surface area contributed by atoms with Crippen molar-refractivity contribution >= 4 is 16.7 Å². The third-order valence-corrected chi connectivity index (χ3v) is 3.48. The molecule has 0 aliphatic heterocycles. The number of nitrogens with one attached hydrogen (secondary N) is 2. The van der Waals surface area contributed by atoms with Crippen molar-refractivity contribution in [2.75, 3.05) is 11.9 Å². The molecule has 0 unspecified atom stereocenters. The van der Waals surface area contributed by atoms with E-state index in [2.05, 4.69) is 44.7 Å². The van der Waals surface area contributed by atoms with Gasteiger partial charge in [-0.25, -0.2) is 9.97 Å². The van der Waals surface area contributed by atoms with Gasteiger partial charge in [0, 0.05) is 36.3 Å². The second-order valence-corrected chi connectivity index (χ2v) is 5.03. The molecule has 2 heterocycles. The first-order valence-electron chi connectivity index (χ1n) is 7.10. The van der Waals surface area contributed by atoms with Crippen LogP contribution in [0, 0.1) is 6.92 Å². The zero-order chi connectivity index (χ0) is 14.7. The zero-order valence-corrected chi connectivity index (χ0v) is 12.1. The Bertz CT molecular complexity index is 747. The summed E-state index contributed by atoms with van der Waals surface area (Å²) < 4.78 is 0. The Balaban J connectivity index is 1.67. The first-order valence-corrected chi connectivity index (χ1v) is 7.10. The van der Waals surface area contributed by atoms with Gasteiger partial charge in [0.25, 0.3) is 0 Å². The van der Waals surface area contributed by atoms with E-state index in [0.29, 0.717) is 6.54 Å². The van der Waals surface area contributed by atoms with Crippen molar-refractivity contribution in [1.29, 1.82) is 0 Å². The molecule has 21 heavy (non-hydrogen) atoms. The molecule has 0 aliphatic rings. The number of H-pyrrole nitrogens is 1. The molecule has 0 atom stereocenters. The van der Waals surface area contributed by atoms with Crippen LogP contribution in [0.5, 0.6) is 0 Å². The van der Waals surface area contributed by atoms with Crippen molar-refractivity contribution in [3.63, 3.8) is 0 Å². The third kappa shape index (κ3) is 3.03. The highest BCUT2D eigenvalue weighted by molar-refractivity contribution is 5.83. The van der Waals surface area contributed by atoms with Gasteiger partial charge in [-0.2, -0.15) is 0 Å². The molecule has 3 rings (SSSR count). The number of benzene rings is 1. The summed E-state index contributed by atoms with van der Waals surface area (Å²) in [7, 11) is 0. The highest BCUT2D eigenvalue weighted by atomic mass is 15.0. The van der Waals surface area contributed by atoms with Crippen molar-refractivity contribution in [2.45, 2.75) is 19.9 Å². The van der Waals surface area contributed by atoms with Crippen molar-refractivity contribution in [2.24, 2.45) is 5.73 Å². The first kappa shape index (κ1) is 13.6. The van der Waals surface area contributed by atoms with Crippen molar-refractivity contribution in [3.8, 4) is 0 Å². The van der Waals surface area contributed by atoms with Crippen LogP contribution in [0.15, 0.2) is 36.5 Å². The van der Waals surface area contributed by atoms with E-state index in [1.165, 1.54) is 16.5 Å². The smallest absolute Gasteiger partial charge is 0.129 e. The minimum atomic E-state index is 0.431. The number of nitrogens with zero attached hydrogens (tertiary/aromatic N) is 2. The molecule has 5 heteroatoms. The molecule has 4 N–H and O–H groups in total. The molecule has 0 aliphatic carbocycles. The third-order valence-electron chi connectivity index (χ3n) is 3.48. The van der Waals surface area contributed by atoms with E-state index in [0.717, 1.165) is 30.3 Å². The highest BCUT2D eigenvalue weighted by Crippen LogP contribution is 2.18. The fourth-order valence-corrected chi connectivity index (χ4v) is 2.49. The Kier molecular flexibility index (Phi) is 3.83. The predicted molar refractivity (Wildman–Crippen MR) is 85.2 cm³/mol. The lowest BCUT2D eigenvalue weighted by atomic mass is 10.1. The van der Waals surface area contributed by atoms with E-state index in [1.807, 2.05) is 19.1 Å². The molecular formula is C16H19N5. The number of fused-ring (bicyclic) bond motifs is 1. The summed E-state index contributed by atoms with van der Waals surface area (Å²) in [5.74, 6) is 1.58. The molecule has 5 nitrogen and oxygen atoms in total. The fourth-order valence-electron chi connectivity index (χ4n) is 2.49. The van der Waals surface area contributed by atoms with Gasteiger partial charge < -0.3 is 16.0 Å². The van der Waals surface area contributed by atoms with Gasteiger partial charge in [0.2, 0.25) is 0 Å². The Morgan fingerprint density at radius 2 is 2.10 bits per heavy atom.